The second kappa shape index (κ2) is 8.23. The van der Waals surface area contributed by atoms with E-state index in [4.69, 9.17) is 0 Å². The molecule has 6 heteroatoms. The lowest BCUT2D eigenvalue weighted by atomic mass is 10.1. The molecule has 0 saturated carbocycles. The lowest BCUT2D eigenvalue weighted by Gasteiger charge is -2.32. The summed E-state index contributed by atoms with van der Waals surface area (Å²) in [7, 11) is 1.91. The summed E-state index contributed by atoms with van der Waals surface area (Å²) < 4.78 is 1.82. The standard InChI is InChI=1S/C21H31N5O/c1-15-8-6-7-9-19(15)14-25-10-12-26(13-11-25)18(4)21(27)22-20-16(2)23-24(5)17(20)3/h6-9,18H,10-14H2,1-5H3,(H,22,27)/p+2/t18-/m0/s1. The number of hydrogen-bond donors (Lipinski definition) is 3. The minimum absolute atomic E-state index is 0.0518. The summed E-state index contributed by atoms with van der Waals surface area (Å²) in [4.78, 5) is 15.8. The summed E-state index contributed by atoms with van der Waals surface area (Å²) in [6, 6.07) is 8.59. The number of aryl methyl sites for hydroxylation is 3. The van der Waals surface area contributed by atoms with E-state index in [2.05, 4.69) is 41.6 Å². The Morgan fingerprint density at radius 2 is 1.85 bits per heavy atom. The molecule has 0 bridgehead atoms. The average Bonchev–Trinajstić information content (AvgIpc) is 2.89. The molecule has 3 N–H and O–H groups in total. The van der Waals surface area contributed by atoms with Crippen molar-refractivity contribution in [2.75, 3.05) is 31.5 Å². The van der Waals surface area contributed by atoms with Crippen molar-refractivity contribution in [2.45, 2.75) is 40.3 Å². The highest BCUT2D eigenvalue weighted by molar-refractivity contribution is 5.94. The first-order valence-corrected chi connectivity index (χ1v) is 9.90. The molecule has 1 aliphatic heterocycles. The van der Waals surface area contributed by atoms with Gasteiger partial charge in [-0.05, 0) is 33.3 Å². The number of aromatic nitrogens is 2. The quantitative estimate of drug-likeness (QED) is 0.673. The van der Waals surface area contributed by atoms with Crippen LogP contribution in [-0.4, -0.2) is 47.9 Å². The fourth-order valence-corrected chi connectivity index (χ4v) is 3.98. The Hall–Kier alpha value is -2.18. The van der Waals surface area contributed by atoms with Gasteiger partial charge in [0.2, 0.25) is 0 Å². The van der Waals surface area contributed by atoms with Gasteiger partial charge in [0, 0.05) is 12.6 Å². The van der Waals surface area contributed by atoms with Crippen molar-refractivity contribution in [3.8, 4) is 0 Å². The maximum Gasteiger partial charge on any atom is 0.282 e. The number of piperazine rings is 1. The van der Waals surface area contributed by atoms with Crippen LogP contribution < -0.4 is 15.1 Å². The molecule has 1 amide bonds. The summed E-state index contributed by atoms with van der Waals surface area (Å²) in [5.74, 6) is 0.0894. The van der Waals surface area contributed by atoms with Crippen LogP contribution >= 0.6 is 0 Å². The number of quaternary nitrogens is 2. The van der Waals surface area contributed by atoms with Gasteiger partial charge in [0.1, 0.15) is 32.7 Å². The summed E-state index contributed by atoms with van der Waals surface area (Å²) >= 11 is 0. The summed E-state index contributed by atoms with van der Waals surface area (Å²) in [5, 5.41) is 7.49. The van der Waals surface area contributed by atoms with Gasteiger partial charge in [-0.2, -0.15) is 5.10 Å². The number of rotatable bonds is 5. The van der Waals surface area contributed by atoms with Gasteiger partial charge in [0.25, 0.3) is 5.91 Å². The third-order valence-corrected chi connectivity index (χ3v) is 6.06. The molecule has 146 valence electrons. The Morgan fingerprint density at radius 1 is 1.19 bits per heavy atom. The van der Waals surface area contributed by atoms with Crippen LogP contribution in [0.25, 0.3) is 0 Å². The molecule has 0 aliphatic carbocycles. The molecule has 1 saturated heterocycles. The van der Waals surface area contributed by atoms with Gasteiger partial charge < -0.3 is 15.1 Å². The highest BCUT2D eigenvalue weighted by Crippen LogP contribution is 2.18. The average molecular weight is 372 g/mol. The van der Waals surface area contributed by atoms with Crippen molar-refractivity contribution >= 4 is 11.6 Å². The Bertz CT molecular complexity index is 805. The summed E-state index contributed by atoms with van der Waals surface area (Å²) in [6.45, 7) is 13.5. The predicted octanol–water partition coefficient (Wildman–Crippen LogP) is -0.344. The summed E-state index contributed by atoms with van der Waals surface area (Å²) in [6.07, 6.45) is 0. The first-order valence-electron chi connectivity index (χ1n) is 9.90. The minimum Gasteiger partial charge on any atom is -0.322 e. The number of carbonyl (C=O) groups excluding carboxylic acids is 1. The molecule has 3 rings (SSSR count). The van der Waals surface area contributed by atoms with Crippen LogP contribution in [0.15, 0.2) is 24.3 Å². The molecule has 6 nitrogen and oxygen atoms in total. The number of carbonyl (C=O) groups is 1. The molecule has 1 fully saturated rings. The number of amides is 1. The first kappa shape index (κ1) is 19.6. The van der Waals surface area contributed by atoms with Gasteiger partial charge in [-0.25, -0.2) is 0 Å². The van der Waals surface area contributed by atoms with E-state index in [1.807, 2.05) is 32.5 Å². The van der Waals surface area contributed by atoms with Crippen LogP contribution in [0.5, 0.6) is 0 Å². The van der Waals surface area contributed by atoms with E-state index in [-0.39, 0.29) is 11.9 Å². The van der Waals surface area contributed by atoms with Crippen molar-refractivity contribution in [1.29, 1.82) is 0 Å². The maximum atomic E-state index is 12.8. The molecule has 1 aromatic heterocycles. The Labute approximate surface area is 162 Å². The van der Waals surface area contributed by atoms with Crippen molar-refractivity contribution in [3.05, 3.63) is 46.8 Å². The van der Waals surface area contributed by atoms with Crippen LogP contribution in [0.1, 0.15) is 29.4 Å². The smallest absolute Gasteiger partial charge is 0.282 e. The van der Waals surface area contributed by atoms with E-state index < -0.39 is 0 Å². The second-order valence-electron chi connectivity index (χ2n) is 7.89. The van der Waals surface area contributed by atoms with Crippen molar-refractivity contribution in [3.63, 3.8) is 0 Å². The lowest BCUT2D eigenvalue weighted by Crippen LogP contribution is -3.29. The van der Waals surface area contributed by atoms with Crippen LogP contribution in [0.4, 0.5) is 5.69 Å². The highest BCUT2D eigenvalue weighted by atomic mass is 16.2. The fraction of sp³-hybridized carbons (Fsp3) is 0.524. The van der Waals surface area contributed by atoms with Crippen LogP contribution in [0.2, 0.25) is 0 Å². The number of anilines is 1. The molecule has 1 aliphatic rings. The molecular formula is C21H33N5O+2. The third-order valence-electron chi connectivity index (χ3n) is 6.06. The molecule has 1 atom stereocenters. The molecule has 27 heavy (non-hydrogen) atoms. The van der Waals surface area contributed by atoms with Crippen molar-refractivity contribution in [2.24, 2.45) is 7.05 Å². The van der Waals surface area contributed by atoms with Gasteiger partial charge in [0.15, 0.2) is 6.04 Å². The minimum atomic E-state index is -0.0518. The number of nitrogens with zero attached hydrogens (tertiary/aromatic N) is 2. The normalized spacial score (nSPS) is 21.1. The van der Waals surface area contributed by atoms with E-state index in [1.54, 1.807) is 4.90 Å². The lowest BCUT2D eigenvalue weighted by molar-refractivity contribution is -1.02. The number of benzene rings is 1. The van der Waals surface area contributed by atoms with Gasteiger partial charge in [0.05, 0.1) is 17.1 Å². The monoisotopic (exact) mass is 371 g/mol. The number of hydrogen-bond acceptors (Lipinski definition) is 2. The molecule has 1 aromatic carbocycles. The van der Waals surface area contributed by atoms with Gasteiger partial charge in [-0.15, -0.1) is 0 Å². The van der Waals surface area contributed by atoms with Crippen molar-refractivity contribution in [1.82, 2.24) is 9.78 Å². The zero-order valence-electron chi connectivity index (χ0n) is 17.2. The Morgan fingerprint density at radius 3 is 2.44 bits per heavy atom. The Kier molecular flexibility index (Phi) is 5.97. The molecule has 2 aromatic rings. The van der Waals surface area contributed by atoms with E-state index in [9.17, 15) is 4.79 Å². The topological polar surface area (TPSA) is 55.8 Å². The van der Waals surface area contributed by atoms with Gasteiger partial charge >= 0.3 is 0 Å². The summed E-state index contributed by atoms with van der Waals surface area (Å²) in [5.41, 5.74) is 5.53. The predicted molar refractivity (Wildman–Crippen MR) is 107 cm³/mol. The van der Waals surface area contributed by atoms with Crippen LogP contribution in [0, 0.1) is 20.8 Å². The Balaban J connectivity index is 1.54. The zero-order chi connectivity index (χ0) is 19.6. The molecule has 0 unspecified atom stereocenters. The van der Waals surface area contributed by atoms with Crippen LogP contribution in [-0.2, 0) is 18.4 Å². The second-order valence-corrected chi connectivity index (χ2v) is 7.89. The fourth-order valence-electron chi connectivity index (χ4n) is 3.98. The molecule has 0 spiro atoms. The zero-order valence-corrected chi connectivity index (χ0v) is 17.2. The molecular weight excluding hydrogens is 338 g/mol. The molecule has 2 heterocycles. The number of nitrogens with one attached hydrogen (secondary N) is 3. The highest BCUT2D eigenvalue weighted by Gasteiger charge is 2.31. The van der Waals surface area contributed by atoms with E-state index in [1.165, 1.54) is 16.0 Å². The van der Waals surface area contributed by atoms with Crippen molar-refractivity contribution < 1.29 is 14.6 Å². The van der Waals surface area contributed by atoms with Gasteiger partial charge in [-0.1, -0.05) is 24.3 Å². The first-order chi connectivity index (χ1) is 12.9. The maximum absolute atomic E-state index is 12.8. The molecule has 0 radical (unpaired) electrons. The van der Waals surface area contributed by atoms with E-state index >= 15 is 0 Å². The van der Waals surface area contributed by atoms with E-state index in [0.717, 1.165) is 49.8 Å². The third kappa shape index (κ3) is 4.39. The largest absolute Gasteiger partial charge is 0.322 e. The van der Waals surface area contributed by atoms with Gasteiger partial charge in [-0.3, -0.25) is 9.48 Å². The van der Waals surface area contributed by atoms with E-state index in [0.29, 0.717) is 0 Å². The van der Waals surface area contributed by atoms with Crippen LogP contribution in [0.3, 0.4) is 0 Å². The SMILES string of the molecule is Cc1ccccc1C[NH+]1CC[NH+]([C@@H](C)C(=O)Nc2c(C)nn(C)c2C)CC1.